The van der Waals surface area contributed by atoms with Gasteiger partial charge in [0.2, 0.25) is 5.91 Å². The lowest BCUT2D eigenvalue weighted by Gasteiger charge is -2.32. The van der Waals surface area contributed by atoms with Gasteiger partial charge in [0, 0.05) is 25.2 Å². The molecule has 3 rings (SSSR count). The largest absolute Gasteiger partial charge is 0.336 e. The minimum absolute atomic E-state index is 0.225. The Labute approximate surface area is 120 Å². The van der Waals surface area contributed by atoms with Gasteiger partial charge in [0.1, 0.15) is 0 Å². The van der Waals surface area contributed by atoms with Crippen molar-refractivity contribution < 1.29 is 4.79 Å². The number of likely N-dealkylation sites (tertiary alicyclic amines) is 1. The number of rotatable bonds is 3. The topological polar surface area (TPSA) is 50.2 Å². The third-order valence-electron chi connectivity index (χ3n) is 4.61. The number of hydrogen-bond donors (Lipinski definition) is 1. The Morgan fingerprint density at radius 3 is 2.80 bits per heavy atom. The first-order valence-corrected chi connectivity index (χ1v) is 7.61. The number of hydrogen-bond acceptors (Lipinski definition) is 3. The van der Waals surface area contributed by atoms with E-state index in [9.17, 15) is 4.79 Å². The smallest absolute Gasteiger partial charge is 0.223 e. The summed E-state index contributed by atoms with van der Waals surface area (Å²) in [4.78, 5) is 14.3. The van der Waals surface area contributed by atoms with Gasteiger partial charge in [0.05, 0.1) is 12.2 Å². The molecular weight excluding hydrogens is 252 g/mol. The van der Waals surface area contributed by atoms with E-state index in [-0.39, 0.29) is 5.41 Å². The molecule has 1 N–H and O–H groups in total. The van der Waals surface area contributed by atoms with Gasteiger partial charge in [-0.1, -0.05) is 0 Å². The lowest BCUT2D eigenvalue weighted by molar-refractivity contribution is -0.128. The van der Waals surface area contributed by atoms with E-state index in [1.54, 1.807) is 0 Å². The number of nitrogens with zero attached hydrogens (tertiary/aromatic N) is 3. The molecule has 0 radical (unpaired) electrons. The highest BCUT2D eigenvalue weighted by Gasteiger charge is 2.43. The minimum atomic E-state index is 0.225. The van der Waals surface area contributed by atoms with Gasteiger partial charge in [0.15, 0.2) is 0 Å². The van der Waals surface area contributed by atoms with Crippen LogP contribution in [0.2, 0.25) is 0 Å². The van der Waals surface area contributed by atoms with E-state index < -0.39 is 0 Å². The number of piperidine rings is 1. The fraction of sp³-hybridized carbons (Fsp3) is 0.733. The molecular formula is C15H24N4O. The maximum absolute atomic E-state index is 12.3. The van der Waals surface area contributed by atoms with Gasteiger partial charge in [-0.05, 0) is 51.3 Å². The normalized spacial score (nSPS) is 22.1. The zero-order chi connectivity index (χ0) is 14.2. The number of aromatic nitrogens is 2. The maximum Gasteiger partial charge on any atom is 0.223 e. The summed E-state index contributed by atoms with van der Waals surface area (Å²) in [7, 11) is 0. The average molecular weight is 276 g/mol. The molecule has 5 nitrogen and oxygen atoms in total. The summed E-state index contributed by atoms with van der Waals surface area (Å²) >= 11 is 0. The van der Waals surface area contributed by atoms with E-state index in [1.165, 1.54) is 0 Å². The second-order valence-corrected chi connectivity index (χ2v) is 6.56. The van der Waals surface area contributed by atoms with Crippen molar-refractivity contribution in [2.45, 2.75) is 45.7 Å². The van der Waals surface area contributed by atoms with Crippen LogP contribution in [0.4, 0.5) is 0 Å². The molecule has 2 saturated heterocycles. The Balaban J connectivity index is 1.66. The van der Waals surface area contributed by atoms with Crippen molar-refractivity contribution in [1.29, 1.82) is 0 Å². The molecule has 0 bridgehead atoms. The summed E-state index contributed by atoms with van der Waals surface area (Å²) in [5.74, 6) is 0.297. The van der Waals surface area contributed by atoms with Crippen molar-refractivity contribution in [2.75, 3.05) is 19.6 Å². The predicted molar refractivity (Wildman–Crippen MR) is 77.2 cm³/mol. The van der Waals surface area contributed by atoms with Crippen LogP contribution < -0.4 is 5.32 Å². The lowest BCUT2D eigenvalue weighted by Crippen LogP contribution is -2.38. The third kappa shape index (κ3) is 2.59. The molecule has 2 aliphatic rings. The second kappa shape index (κ2) is 5.20. The Morgan fingerprint density at radius 1 is 1.40 bits per heavy atom. The van der Waals surface area contributed by atoms with Gasteiger partial charge in [-0.3, -0.25) is 9.48 Å². The maximum atomic E-state index is 12.3. The summed E-state index contributed by atoms with van der Waals surface area (Å²) in [5, 5.41) is 7.94. The highest BCUT2D eigenvalue weighted by Crippen LogP contribution is 2.39. The SMILES string of the molecule is CC(C)n1ccc(CN2CC3(CCNCC3)CC2=O)n1. The summed E-state index contributed by atoms with van der Waals surface area (Å²) in [6, 6.07) is 2.40. The highest BCUT2D eigenvalue weighted by molar-refractivity contribution is 5.79. The van der Waals surface area contributed by atoms with Gasteiger partial charge in [-0.15, -0.1) is 0 Å². The Morgan fingerprint density at radius 2 is 2.15 bits per heavy atom. The number of amides is 1. The third-order valence-corrected chi connectivity index (χ3v) is 4.61. The standard InChI is InChI=1S/C15H24N4O/c1-12(2)19-8-3-13(17-19)10-18-11-15(9-14(18)20)4-6-16-7-5-15/h3,8,12,16H,4-7,9-11H2,1-2H3. The molecule has 5 heteroatoms. The molecule has 110 valence electrons. The van der Waals surface area contributed by atoms with Crippen molar-refractivity contribution in [3.05, 3.63) is 18.0 Å². The summed E-state index contributed by atoms with van der Waals surface area (Å²) < 4.78 is 1.95. The zero-order valence-corrected chi connectivity index (χ0v) is 12.4. The molecule has 1 amide bonds. The molecule has 1 aromatic heterocycles. The van der Waals surface area contributed by atoms with Crippen molar-refractivity contribution in [2.24, 2.45) is 5.41 Å². The van der Waals surface area contributed by atoms with Gasteiger partial charge < -0.3 is 10.2 Å². The number of nitrogens with one attached hydrogen (secondary N) is 1. The highest BCUT2D eigenvalue weighted by atomic mass is 16.2. The molecule has 0 saturated carbocycles. The van der Waals surface area contributed by atoms with E-state index in [1.807, 2.05) is 21.8 Å². The van der Waals surface area contributed by atoms with Crippen LogP contribution in [0, 0.1) is 5.41 Å². The minimum Gasteiger partial charge on any atom is -0.336 e. The Kier molecular flexibility index (Phi) is 3.54. The second-order valence-electron chi connectivity index (χ2n) is 6.56. The molecule has 2 fully saturated rings. The van der Waals surface area contributed by atoms with Crippen LogP contribution in [0.15, 0.2) is 12.3 Å². The predicted octanol–water partition coefficient (Wildman–Crippen LogP) is 1.57. The Bertz CT molecular complexity index is 488. The van der Waals surface area contributed by atoms with Crippen LogP contribution in [0.3, 0.4) is 0 Å². The van der Waals surface area contributed by atoms with Crippen LogP contribution >= 0.6 is 0 Å². The van der Waals surface area contributed by atoms with Crippen molar-refractivity contribution in [1.82, 2.24) is 20.0 Å². The van der Waals surface area contributed by atoms with Crippen LogP contribution in [0.1, 0.15) is 44.8 Å². The molecule has 3 heterocycles. The summed E-state index contributed by atoms with van der Waals surface area (Å²) in [5.41, 5.74) is 1.22. The molecule has 1 spiro atoms. The first kappa shape index (κ1) is 13.6. The molecule has 20 heavy (non-hydrogen) atoms. The summed E-state index contributed by atoms with van der Waals surface area (Å²) in [6.07, 6.45) is 4.96. The van der Waals surface area contributed by atoms with E-state index in [4.69, 9.17) is 0 Å². The van der Waals surface area contributed by atoms with Crippen molar-refractivity contribution in [3.63, 3.8) is 0 Å². The van der Waals surface area contributed by atoms with Crippen LogP contribution in [-0.2, 0) is 11.3 Å². The monoisotopic (exact) mass is 276 g/mol. The summed E-state index contributed by atoms with van der Waals surface area (Å²) in [6.45, 7) is 7.88. The van der Waals surface area contributed by atoms with Gasteiger partial charge in [0.25, 0.3) is 0 Å². The first-order valence-electron chi connectivity index (χ1n) is 7.61. The van der Waals surface area contributed by atoms with Gasteiger partial charge in [-0.2, -0.15) is 5.10 Å². The Hall–Kier alpha value is -1.36. The first-order chi connectivity index (χ1) is 9.58. The molecule has 1 aromatic rings. The zero-order valence-electron chi connectivity index (χ0n) is 12.4. The van der Waals surface area contributed by atoms with E-state index in [0.717, 1.165) is 44.6 Å². The molecule has 0 unspecified atom stereocenters. The fourth-order valence-corrected chi connectivity index (χ4v) is 3.36. The number of carbonyl (C=O) groups excluding carboxylic acids is 1. The average Bonchev–Trinajstić information content (AvgIpc) is 2.97. The van der Waals surface area contributed by atoms with Crippen molar-refractivity contribution >= 4 is 5.91 Å². The molecule has 0 aromatic carbocycles. The quantitative estimate of drug-likeness (QED) is 0.911. The molecule has 2 aliphatic heterocycles. The van der Waals surface area contributed by atoms with E-state index in [2.05, 4.69) is 24.3 Å². The van der Waals surface area contributed by atoms with Crippen LogP contribution in [-0.4, -0.2) is 40.2 Å². The van der Waals surface area contributed by atoms with Crippen LogP contribution in [0.5, 0.6) is 0 Å². The number of carbonyl (C=O) groups is 1. The van der Waals surface area contributed by atoms with E-state index in [0.29, 0.717) is 18.5 Å². The van der Waals surface area contributed by atoms with Crippen molar-refractivity contribution in [3.8, 4) is 0 Å². The molecule has 0 aliphatic carbocycles. The van der Waals surface area contributed by atoms with Crippen LogP contribution in [0.25, 0.3) is 0 Å². The molecule has 0 atom stereocenters. The van der Waals surface area contributed by atoms with Gasteiger partial charge in [-0.25, -0.2) is 0 Å². The lowest BCUT2D eigenvalue weighted by atomic mass is 9.78. The van der Waals surface area contributed by atoms with E-state index >= 15 is 0 Å². The fourth-order valence-electron chi connectivity index (χ4n) is 3.36. The van der Waals surface area contributed by atoms with Gasteiger partial charge >= 0.3 is 0 Å².